The van der Waals surface area contributed by atoms with E-state index >= 15 is 0 Å². The van der Waals surface area contributed by atoms with E-state index in [0.717, 1.165) is 0 Å². The van der Waals surface area contributed by atoms with Gasteiger partial charge in [-0.2, -0.15) is 52.7 Å². The van der Waals surface area contributed by atoms with E-state index in [1.165, 1.54) is 4.74 Å². The summed E-state index contributed by atoms with van der Waals surface area (Å²) in [6, 6.07) is 0. The number of halogens is 12. The lowest BCUT2D eigenvalue weighted by Gasteiger charge is -2.30. The van der Waals surface area contributed by atoms with Gasteiger partial charge in [-0.1, -0.05) is 22.3 Å². The Morgan fingerprint density at radius 3 is 0.905 bits per heavy atom. The summed E-state index contributed by atoms with van der Waals surface area (Å²) in [5.74, 6) is -7.23. The second kappa shape index (κ2) is 6.92. The van der Waals surface area contributed by atoms with Crippen LogP contribution in [0.15, 0.2) is 0 Å². The van der Waals surface area contributed by atoms with Gasteiger partial charge in [0.05, 0.1) is 0 Å². The van der Waals surface area contributed by atoms with Gasteiger partial charge in [0.25, 0.3) is 0 Å². The van der Waals surface area contributed by atoms with E-state index in [-0.39, 0.29) is 22.3 Å². The maximum Gasteiger partial charge on any atom is 0.483 e. The molecule has 0 radical (unpaired) electrons. The van der Waals surface area contributed by atoms with Gasteiger partial charge in [0, 0.05) is 0 Å². The van der Waals surface area contributed by atoms with Crippen LogP contribution >= 0.6 is 0 Å². The molecule has 0 aliphatic rings. The molecule has 0 aromatic carbocycles. The van der Waals surface area contributed by atoms with Crippen molar-refractivity contribution >= 4 is 0 Å². The molecular weight excluding hydrogens is 340 g/mol. The Balaban J connectivity index is -0.000000482. The largest absolute Gasteiger partial charge is 0.483 e. The smallest absolute Gasteiger partial charge is 0.243 e. The van der Waals surface area contributed by atoms with Crippen LogP contribution in [0.25, 0.3) is 0 Å². The lowest BCUT2D eigenvalue weighted by Crippen LogP contribution is -2.57. The third-order valence-corrected chi connectivity index (χ3v) is 1.31. The second-order valence-corrected chi connectivity index (χ2v) is 2.71. The first kappa shape index (κ1) is 28.3. The number of hydrogen-bond donors (Lipinski definition) is 0. The molecule has 0 atom stereocenters. The van der Waals surface area contributed by atoms with Gasteiger partial charge < -0.3 is 0 Å². The van der Waals surface area contributed by atoms with Gasteiger partial charge in [-0.05, 0) is 0 Å². The topological polar surface area (TPSA) is 9.23 Å². The molecule has 0 aliphatic carbocycles. The quantitative estimate of drug-likeness (QED) is 0.579. The molecule has 0 amide bonds. The molecule has 0 bridgehead atoms. The van der Waals surface area contributed by atoms with Crippen LogP contribution in [0.2, 0.25) is 0 Å². The van der Waals surface area contributed by atoms with Crippen molar-refractivity contribution in [2.75, 3.05) is 0 Å². The van der Waals surface area contributed by atoms with Crippen molar-refractivity contribution in [2.45, 2.75) is 52.8 Å². The highest BCUT2D eigenvalue weighted by molar-refractivity contribution is 4.86. The summed E-state index contributed by atoms with van der Waals surface area (Å²) in [7, 11) is 0. The van der Waals surface area contributed by atoms with Gasteiger partial charge in [-0.25, -0.2) is 4.74 Å². The third-order valence-electron chi connectivity index (χ3n) is 1.31. The van der Waals surface area contributed by atoms with Crippen molar-refractivity contribution in [3.8, 4) is 0 Å². The lowest BCUT2D eigenvalue weighted by atomic mass is 10.3. The van der Waals surface area contributed by atoms with Crippen LogP contribution in [-0.4, -0.2) is 30.5 Å². The van der Waals surface area contributed by atoms with Crippen LogP contribution in [0, 0.1) is 0 Å². The van der Waals surface area contributed by atoms with E-state index < -0.39 is 30.5 Å². The first-order chi connectivity index (χ1) is 7.46. The van der Waals surface area contributed by atoms with Crippen molar-refractivity contribution in [2.24, 2.45) is 0 Å². The zero-order valence-electron chi connectivity index (χ0n) is 7.44. The molecule has 0 heterocycles. The van der Waals surface area contributed by atoms with Crippen LogP contribution in [0.3, 0.4) is 0 Å². The summed E-state index contributed by atoms with van der Waals surface area (Å²) in [4.78, 5) is 0. The Morgan fingerprint density at radius 2 is 0.714 bits per heavy atom. The molecule has 13 heteroatoms. The molecule has 0 saturated carbocycles. The zero-order valence-corrected chi connectivity index (χ0v) is 7.44. The summed E-state index contributed by atoms with van der Waals surface area (Å²) in [6.45, 7) is 0. The van der Waals surface area contributed by atoms with Gasteiger partial charge in [0.2, 0.25) is 0 Å². The van der Waals surface area contributed by atoms with E-state index in [4.69, 9.17) is 0 Å². The highest BCUT2D eigenvalue weighted by Crippen LogP contribution is 2.51. The molecule has 0 aliphatic heterocycles. The predicted molar refractivity (Wildman–Crippen MR) is 48.2 cm³/mol. The molecule has 0 saturated heterocycles. The maximum atomic E-state index is 12.1. The van der Waals surface area contributed by atoms with Crippen LogP contribution in [-0.2, 0) is 4.74 Å². The summed E-state index contributed by atoms with van der Waals surface area (Å²) >= 11 is 0. The minimum absolute atomic E-state index is 0. The molecule has 0 rings (SSSR count). The first-order valence-electron chi connectivity index (χ1n) is 3.43. The monoisotopic (exact) mass is 352 g/mol. The molecule has 21 heavy (non-hydrogen) atoms. The van der Waals surface area contributed by atoms with Gasteiger partial charge in [-0.15, -0.1) is 0 Å². The van der Waals surface area contributed by atoms with E-state index in [2.05, 4.69) is 0 Å². The van der Waals surface area contributed by atoms with Crippen molar-refractivity contribution < 1.29 is 57.4 Å². The van der Waals surface area contributed by atoms with E-state index in [1.807, 2.05) is 0 Å². The summed E-state index contributed by atoms with van der Waals surface area (Å²) in [6.07, 6.45) is -28.0. The van der Waals surface area contributed by atoms with Crippen LogP contribution in [0.5, 0.6) is 0 Å². The molecule has 0 N–H and O–H groups in total. The molecule has 0 unspecified atom stereocenters. The molecule has 1 nitrogen and oxygen atoms in total. The van der Waals surface area contributed by atoms with E-state index in [0.29, 0.717) is 0 Å². The average Bonchev–Trinajstić information content (AvgIpc) is 1.96. The molecule has 0 aromatic heterocycles. The van der Waals surface area contributed by atoms with Crippen molar-refractivity contribution in [1.29, 1.82) is 0 Å². The van der Waals surface area contributed by atoms with E-state index in [9.17, 15) is 52.7 Å². The fourth-order valence-electron chi connectivity index (χ4n) is 0.448. The minimum atomic E-state index is -7.23. The highest BCUT2D eigenvalue weighted by atomic mass is 19.4. The normalized spacial score (nSPS) is 13.7. The predicted octanol–water partition coefficient (Wildman–Crippen LogP) is 5.86. The Kier molecular flexibility index (Phi) is 9.33. The Labute approximate surface area is 111 Å². The summed E-state index contributed by atoms with van der Waals surface area (Å²) < 4.78 is 141. The number of alkyl halides is 12. The fraction of sp³-hybridized carbons (Fsp3) is 1.00. The number of rotatable bonds is 3. The maximum absolute atomic E-state index is 12.1. The van der Waals surface area contributed by atoms with Crippen LogP contribution < -0.4 is 0 Å². The minimum Gasteiger partial charge on any atom is -0.243 e. The second-order valence-electron chi connectivity index (χ2n) is 2.71. The molecule has 0 aromatic rings. The first-order valence-corrected chi connectivity index (χ1v) is 3.43. The van der Waals surface area contributed by atoms with Gasteiger partial charge in [0.1, 0.15) is 0 Å². The molecular formula is C8H12F12O. The number of hydrogen-bond acceptors (Lipinski definition) is 1. The zero-order chi connectivity index (χ0) is 15.2. The summed E-state index contributed by atoms with van der Waals surface area (Å²) in [5.41, 5.74) is 0. The Morgan fingerprint density at radius 1 is 0.429 bits per heavy atom. The molecule has 0 spiro atoms. The Hall–Kier alpha value is -0.880. The van der Waals surface area contributed by atoms with Crippen LogP contribution in [0.4, 0.5) is 52.7 Å². The van der Waals surface area contributed by atoms with Gasteiger partial charge in [-0.3, -0.25) is 0 Å². The van der Waals surface area contributed by atoms with Gasteiger partial charge >= 0.3 is 30.5 Å². The standard InChI is InChI=1S/C5F12O.3CH4/c6-1(7,2(8,9)10)4(14,15)18-5(16,17)3(11,12)13;;;/h;3*1H4. The van der Waals surface area contributed by atoms with Crippen LogP contribution in [0.1, 0.15) is 22.3 Å². The fourth-order valence-corrected chi connectivity index (χ4v) is 0.448. The number of ether oxygens (including phenoxy) is 1. The molecule has 0 fully saturated rings. The molecule has 134 valence electrons. The lowest BCUT2D eigenvalue weighted by molar-refractivity contribution is -0.508. The van der Waals surface area contributed by atoms with E-state index in [1.54, 1.807) is 0 Å². The van der Waals surface area contributed by atoms with Crippen molar-refractivity contribution in [1.82, 2.24) is 0 Å². The van der Waals surface area contributed by atoms with Crippen molar-refractivity contribution in [3.63, 3.8) is 0 Å². The van der Waals surface area contributed by atoms with Gasteiger partial charge in [0.15, 0.2) is 0 Å². The SMILES string of the molecule is C.C.C.FC(F)(F)C(F)(F)OC(F)(F)C(F)(F)C(F)(F)F. The van der Waals surface area contributed by atoms with Crippen molar-refractivity contribution in [3.05, 3.63) is 0 Å². The highest BCUT2D eigenvalue weighted by Gasteiger charge is 2.78. The third kappa shape index (κ3) is 5.43. The summed E-state index contributed by atoms with van der Waals surface area (Å²) in [5, 5.41) is 0. The Bertz CT molecular complexity index is 301. The average molecular weight is 352 g/mol.